The molecular formula is C12H15ClFNO. The monoisotopic (exact) mass is 243 g/mol. The molecule has 1 rings (SSSR count). The smallest absolute Gasteiger partial charge is 0.129 e. The zero-order valence-electron chi connectivity index (χ0n) is 9.00. The summed E-state index contributed by atoms with van der Waals surface area (Å²) in [7, 11) is 0. The third kappa shape index (κ3) is 3.93. The number of halogens is 2. The summed E-state index contributed by atoms with van der Waals surface area (Å²) in [4.78, 5) is 1.90. The first-order chi connectivity index (χ1) is 7.67. The lowest BCUT2D eigenvalue weighted by Crippen LogP contribution is -2.27. The van der Waals surface area contributed by atoms with E-state index in [1.54, 1.807) is 18.2 Å². The second-order valence-corrected chi connectivity index (χ2v) is 3.92. The minimum atomic E-state index is -0.320. The van der Waals surface area contributed by atoms with Gasteiger partial charge in [-0.1, -0.05) is 23.7 Å². The Hall–Kier alpha value is -0.900. The van der Waals surface area contributed by atoms with Crippen molar-refractivity contribution >= 4 is 11.6 Å². The van der Waals surface area contributed by atoms with Gasteiger partial charge in [0.25, 0.3) is 0 Å². The van der Waals surface area contributed by atoms with Crippen LogP contribution < -0.4 is 0 Å². The van der Waals surface area contributed by atoms with Crippen LogP contribution in [0, 0.1) is 5.82 Å². The quantitative estimate of drug-likeness (QED) is 0.776. The molecule has 0 spiro atoms. The summed E-state index contributed by atoms with van der Waals surface area (Å²) in [5.41, 5.74) is 0.569. The molecule has 88 valence electrons. The van der Waals surface area contributed by atoms with Gasteiger partial charge < -0.3 is 5.11 Å². The van der Waals surface area contributed by atoms with Crippen LogP contribution in [-0.2, 0) is 6.54 Å². The van der Waals surface area contributed by atoms with Gasteiger partial charge in [-0.2, -0.15) is 0 Å². The molecule has 0 aliphatic heterocycles. The SMILES string of the molecule is C=CCN(CCO)Cc1ccc(Cl)cc1F. The maximum absolute atomic E-state index is 13.5. The highest BCUT2D eigenvalue weighted by Gasteiger charge is 2.08. The molecule has 0 aliphatic carbocycles. The number of aliphatic hydroxyl groups excluding tert-OH is 1. The van der Waals surface area contributed by atoms with Crippen LogP contribution in [0.3, 0.4) is 0 Å². The largest absolute Gasteiger partial charge is 0.395 e. The molecule has 1 aromatic rings. The lowest BCUT2D eigenvalue weighted by Gasteiger charge is -2.19. The molecule has 16 heavy (non-hydrogen) atoms. The van der Waals surface area contributed by atoms with Gasteiger partial charge in [0.2, 0.25) is 0 Å². The highest BCUT2D eigenvalue weighted by atomic mass is 35.5. The summed E-state index contributed by atoms with van der Waals surface area (Å²) in [6.07, 6.45) is 1.73. The van der Waals surface area contributed by atoms with Crippen molar-refractivity contribution in [3.05, 3.63) is 47.3 Å². The predicted molar refractivity (Wildman–Crippen MR) is 64.0 cm³/mol. The fourth-order valence-electron chi connectivity index (χ4n) is 1.45. The number of nitrogens with zero attached hydrogens (tertiary/aromatic N) is 1. The second kappa shape index (κ2) is 6.63. The molecule has 0 amide bonds. The summed E-state index contributed by atoms with van der Waals surface area (Å²) in [5, 5.41) is 9.25. The third-order valence-electron chi connectivity index (χ3n) is 2.21. The summed E-state index contributed by atoms with van der Waals surface area (Å²) < 4.78 is 13.5. The summed E-state index contributed by atoms with van der Waals surface area (Å²) in [5.74, 6) is -0.320. The number of benzene rings is 1. The molecule has 0 aromatic heterocycles. The van der Waals surface area contributed by atoms with Crippen molar-refractivity contribution in [1.82, 2.24) is 4.90 Å². The molecule has 0 radical (unpaired) electrons. The van der Waals surface area contributed by atoms with Crippen LogP contribution >= 0.6 is 11.6 Å². The van der Waals surface area contributed by atoms with E-state index in [-0.39, 0.29) is 12.4 Å². The normalized spacial score (nSPS) is 10.8. The zero-order valence-corrected chi connectivity index (χ0v) is 9.75. The van der Waals surface area contributed by atoms with Crippen LogP contribution in [0.5, 0.6) is 0 Å². The molecule has 4 heteroatoms. The lowest BCUT2D eigenvalue weighted by atomic mass is 10.2. The first-order valence-electron chi connectivity index (χ1n) is 5.05. The Morgan fingerprint density at radius 2 is 2.25 bits per heavy atom. The van der Waals surface area contributed by atoms with E-state index in [0.29, 0.717) is 30.2 Å². The van der Waals surface area contributed by atoms with Crippen LogP contribution in [0.1, 0.15) is 5.56 Å². The third-order valence-corrected chi connectivity index (χ3v) is 2.45. The van der Waals surface area contributed by atoms with Crippen LogP contribution in [0.2, 0.25) is 5.02 Å². The van der Waals surface area contributed by atoms with Gasteiger partial charge in [-0.3, -0.25) is 4.90 Å². The molecular weight excluding hydrogens is 229 g/mol. The van der Waals surface area contributed by atoms with Crippen molar-refractivity contribution in [3.63, 3.8) is 0 Å². The van der Waals surface area contributed by atoms with Crippen LogP contribution in [0.15, 0.2) is 30.9 Å². The van der Waals surface area contributed by atoms with Gasteiger partial charge in [-0.15, -0.1) is 6.58 Å². The minimum absolute atomic E-state index is 0.0447. The van der Waals surface area contributed by atoms with Crippen LogP contribution in [0.25, 0.3) is 0 Å². The van der Waals surface area contributed by atoms with Gasteiger partial charge >= 0.3 is 0 Å². The summed E-state index contributed by atoms with van der Waals surface area (Å²) >= 11 is 5.67. The van der Waals surface area contributed by atoms with E-state index in [1.165, 1.54) is 6.07 Å². The molecule has 0 unspecified atom stereocenters. The summed E-state index contributed by atoms with van der Waals surface area (Å²) in [6.45, 7) is 5.22. The maximum atomic E-state index is 13.5. The fraction of sp³-hybridized carbons (Fsp3) is 0.333. The molecule has 0 heterocycles. The molecule has 1 N–H and O–H groups in total. The first-order valence-corrected chi connectivity index (χ1v) is 5.43. The van der Waals surface area contributed by atoms with Crippen molar-refractivity contribution in [2.75, 3.05) is 19.7 Å². The number of hydrogen-bond donors (Lipinski definition) is 1. The van der Waals surface area contributed by atoms with Gasteiger partial charge in [-0.05, 0) is 12.1 Å². The zero-order chi connectivity index (χ0) is 12.0. The van der Waals surface area contributed by atoms with Crippen LogP contribution in [0.4, 0.5) is 4.39 Å². The van der Waals surface area contributed by atoms with E-state index in [0.717, 1.165) is 0 Å². The molecule has 0 bridgehead atoms. The topological polar surface area (TPSA) is 23.5 Å². The average Bonchev–Trinajstić information content (AvgIpc) is 2.23. The predicted octanol–water partition coefficient (Wildman–Crippen LogP) is 2.46. The second-order valence-electron chi connectivity index (χ2n) is 3.48. The fourth-order valence-corrected chi connectivity index (χ4v) is 1.61. The van der Waals surface area contributed by atoms with E-state index < -0.39 is 0 Å². The average molecular weight is 244 g/mol. The van der Waals surface area contributed by atoms with E-state index in [1.807, 2.05) is 4.90 Å². The minimum Gasteiger partial charge on any atom is -0.395 e. The Kier molecular flexibility index (Phi) is 5.46. The van der Waals surface area contributed by atoms with Crippen molar-refractivity contribution in [2.45, 2.75) is 6.54 Å². The van der Waals surface area contributed by atoms with Crippen LogP contribution in [-0.4, -0.2) is 29.7 Å². The van der Waals surface area contributed by atoms with Gasteiger partial charge in [0, 0.05) is 30.2 Å². The summed E-state index contributed by atoms with van der Waals surface area (Å²) in [6, 6.07) is 4.61. The van der Waals surface area contributed by atoms with Crippen molar-refractivity contribution in [2.24, 2.45) is 0 Å². The van der Waals surface area contributed by atoms with Gasteiger partial charge in [0.1, 0.15) is 5.82 Å². The van der Waals surface area contributed by atoms with Gasteiger partial charge in [0.15, 0.2) is 0 Å². The lowest BCUT2D eigenvalue weighted by molar-refractivity contribution is 0.202. The Bertz CT molecular complexity index is 357. The Labute approximate surface area is 100.0 Å². The molecule has 0 saturated heterocycles. The molecule has 2 nitrogen and oxygen atoms in total. The first kappa shape index (κ1) is 13.2. The highest BCUT2D eigenvalue weighted by Crippen LogP contribution is 2.16. The molecule has 1 aromatic carbocycles. The van der Waals surface area contributed by atoms with E-state index in [2.05, 4.69) is 6.58 Å². The van der Waals surface area contributed by atoms with E-state index >= 15 is 0 Å². The van der Waals surface area contributed by atoms with Gasteiger partial charge in [-0.25, -0.2) is 4.39 Å². The van der Waals surface area contributed by atoms with E-state index in [4.69, 9.17) is 16.7 Å². The Morgan fingerprint density at radius 3 is 2.81 bits per heavy atom. The molecule has 0 aliphatic rings. The Morgan fingerprint density at radius 1 is 1.50 bits per heavy atom. The standard InChI is InChI=1S/C12H15ClFNO/c1-2-5-15(6-7-16)9-10-3-4-11(13)8-12(10)14/h2-4,8,16H,1,5-7,9H2. The number of hydrogen-bond acceptors (Lipinski definition) is 2. The molecule has 0 fully saturated rings. The molecule has 0 atom stereocenters. The number of aliphatic hydroxyl groups is 1. The van der Waals surface area contributed by atoms with Gasteiger partial charge in [0.05, 0.1) is 6.61 Å². The highest BCUT2D eigenvalue weighted by molar-refractivity contribution is 6.30. The van der Waals surface area contributed by atoms with Crippen molar-refractivity contribution in [3.8, 4) is 0 Å². The molecule has 0 saturated carbocycles. The van der Waals surface area contributed by atoms with E-state index in [9.17, 15) is 4.39 Å². The van der Waals surface area contributed by atoms with Crippen molar-refractivity contribution in [1.29, 1.82) is 0 Å². The Balaban J connectivity index is 2.72. The number of rotatable bonds is 6. The van der Waals surface area contributed by atoms with Crippen molar-refractivity contribution < 1.29 is 9.50 Å². The maximum Gasteiger partial charge on any atom is 0.129 e.